The molecule has 0 bridgehead atoms. The highest BCUT2D eigenvalue weighted by Crippen LogP contribution is 2.13. The average molecular weight is 304 g/mol. The Hall–Kier alpha value is -1.72. The highest BCUT2D eigenvalue weighted by atomic mass is 32.1. The normalized spacial score (nSPS) is 10.6. The van der Waals surface area contributed by atoms with Crippen LogP contribution >= 0.6 is 11.3 Å². The number of nitrogens with one attached hydrogen (secondary N) is 1. The fourth-order valence-corrected chi connectivity index (χ4v) is 2.69. The van der Waals surface area contributed by atoms with E-state index in [1.807, 2.05) is 31.2 Å². The molecule has 5 heteroatoms. The van der Waals surface area contributed by atoms with Gasteiger partial charge in [-0.1, -0.05) is 31.2 Å². The lowest BCUT2D eigenvalue weighted by Crippen LogP contribution is -2.23. The quantitative estimate of drug-likeness (QED) is 0.798. The average Bonchev–Trinajstić information content (AvgIpc) is 2.92. The van der Waals surface area contributed by atoms with E-state index in [2.05, 4.69) is 17.2 Å². The van der Waals surface area contributed by atoms with Gasteiger partial charge in [0.25, 0.3) is 5.91 Å². The van der Waals surface area contributed by atoms with E-state index in [1.54, 1.807) is 5.51 Å². The van der Waals surface area contributed by atoms with Gasteiger partial charge in [0.2, 0.25) is 0 Å². The summed E-state index contributed by atoms with van der Waals surface area (Å²) in [6.07, 6.45) is 1.00. The molecule has 0 fully saturated rings. The maximum atomic E-state index is 12.1. The van der Waals surface area contributed by atoms with Crippen LogP contribution in [-0.4, -0.2) is 17.5 Å². The Kier molecular flexibility index (Phi) is 5.90. The molecule has 2 rings (SSSR count). The number of ether oxygens (including phenoxy) is 1. The van der Waals surface area contributed by atoms with Crippen LogP contribution in [0, 0.1) is 6.92 Å². The Morgan fingerprint density at radius 2 is 2.10 bits per heavy atom. The van der Waals surface area contributed by atoms with Crippen LogP contribution in [-0.2, 0) is 17.9 Å². The third-order valence-electron chi connectivity index (χ3n) is 3.12. The van der Waals surface area contributed by atoms with Crippen LogP contribution in [0.3, 0.4) is 0 Å². The Balaban J connectivity index is 1.96. The van der Waals surface area contributed by atoms with Crippen LogP contribution in [0.2, 0.25) is 0 Å². The second kappa shape index (κ2) is 7.90. The molecule has 1 N–H and O–H groups in total. The minimum absolute atomic E-state index is 0.0701. The molecule has 112 valence electrons. The van der Waals surface area contributed by atoms with Gasteiger partial charge in [0.1, 0.15) is 4.88 Å². The summed E-state index contributed by atoms with van der Waals surface area (Å²) in [5.74, 6) is -0.0701. The fraction of sp³-hybridized carbons (Fsp3) is 0.375. The molecule has 0 aliphatic heterocycles. The third-order valence-corrected chi connectivity index (χ3v) is 4.04. The lowest BCUT2D eigenvalue weighted by molar-refractivity contribution is 0.0952. The first-order chi connectivity index (χ1) is 10.2. The molecular formula is C16H20N2O2S. The Morgan fingerprint density at radius 1 is 1.33 bits per heavy atom. The molecule has 1 amide bonds. The summed E-state index contributed by atoms with van der Waals surface area (Å²) < 4.78 is 5.59. The summed E-state index contributed by atoms with van der Waals surface area (Å²) in [4.78, 5) is 16.9. The molecule has 1 aromatic carbocycles. The topological polar surface area (TPSA) is 51.2 Å². The van der Waals surface area contributed by atoms with Gasteiger partial charge in [-0.25, -0.2) is 4.98 Å². The van der Waals surface area contributed by atoms with Crippen molar-refractivity contribution >= 4 is 17.2 Å². The van der Waals surface area contributed by atoms with Gasteiger partial charge >= 0.3 is 0 Å². The molecule has 0 spiro atoms. The van der Waals surface area contributed by atoms with E-state index < -0.39 is 0 Å². The molecule has 0 aliphatic carbocycles. The van der Waals surface area contributed by atoms with E-state index in [-0.39, 0.29) is 5.91 Å². The lowest BCUT2D eigenvalue weighted by atomic mass is 10.1. The van der Waals surface area contributed by atoms with Gasteiger partial charge in [-0.2, -0.15) is 0 Å². The van der Waals surface area contributed by atoms with Gasteiger partial charge in [-0.3, -0.25) is 4.79 Å². The van der Waals surface area contributed by atoms with Gasteiger partial charge in [-0.05, 0) is 24.5 Å². The van der Waals surface area contributed by atoms with E-state index >= 15 is 0 Å². The summed E-state index contributed by atoms with van der Waals surface area (Å²) >= 11 is 1.37. The number of rotatable bonds is 7. The Morgan fingerprint density at radius 3 is 2.76 bits per heavy atom. The molecule has 1 heterocycles. The SMILES string of the molecule is CCCOCc1ccccc1CNC(=O)c1scnc1C. The van der Waals surface area contributed by atoms with Crippen molar-refractivity contribution in [2.45, 2.75) is 33.4 Å². The summed E-state index contributed by atoms with van der Waals surface area (Å²) in [5, 5.41) is 2.95. The minimum atomic E-state index is -0.0701. The number of benzene rings is 1. The molecule has 2 aromatic rings. The second-order valence-corrected chi connectivity index (χ2v) is 5.63. The molecule has 1 aromatic heterocycles. The Bertz CT molecular complexity index is 595. The fourth-order valence-electron chi connectivity index (χ4n) is 1.97. The summed E-state index contributed by atoms with van der Waals surface area (Å²) in [5.41, 5.74) is 4.67. The smallest absolute Gasteiger partial charge is 0.263 e. The van der Waals surface area contributed by atoms with E-state index in [4.69, 9.17) is 4.74 Å². The first-order valence-electron chi connectivity index (χ1n) is 7.05. The van der Waals surface area contributed by atoms with Gasteiger partial charge in [0, 0.05) is 13.2 Å². The van der Waals surface area contributed by atoms with Crippen LogP contribution in [0.1, 0.15) is 39.8 Å². The predicted molar refractivity (Wildman–Crippen MR) is 84.4 cm³/mol. The number of aromatic nitrogens is 1. The van der Waals surface area contributed by atoms with Crippen molar-refractivity contribution in [3.8, 4) is 0 Å². The van der Waals surface area contributed by atoms with Crippen molar-refractivity contribution in [2.24, 2.45) is 0 Å². The van der Waals surface area contributed by atoms with Crippen molar-refractivity contribution in [1.82, 2.24) is 10.3 Å². The Labute approximate surface area is 129 Å². The zero-order valence-corrected chi connectivity index (χ0v) is 13.2. The van der Waals surface area contributed by atoms with Crippen LogP contribution in [0.25, 0.3) is 0 Å². The molecule has 0 saturated carbocycles. The van der Waals surface area contributed by atoms with Crippen LogP contribution in [0.15, 0.2) is 29.8 Å². The number of aryl methyl sites for hydroxylation is 1. The van der Waals surface area contributed by atoms with Gasteiger partial charge in [-0.15, -0.1) is 11.3 Å². The molecule has 0 unspecified atom stereocenters. The number of nitrogens with zero attached hydrogens (tertiary/aromatic N) is 1. The molecule has 21 heavy (non-hydrogen) atoms. The number of carbonyl (C=O) groups excluding carboxylic acids is 1. The number of hydrogen-bond donors (Lipinski definition) is 1. The number of amides is 1. The second-order valence-electron chi connectivity index (χ2n) is 4.77. The van der Waals surface area contributed by atoms with Crippen LogP contribution in [0.5, 0.6) is 0 Å². The maximum Gasteiger partial charge on any atom is 0.263 e. The maximum absolute atomic E-state index is 12.1. The van der Waals surface area contributed by atoms with Gasteiger partial charge < -0.3 is 10.1 Å². The molecule has 0 saturated heterocycles. The van der Waals surface area contributed by atoms with Crippen LogP contribution in [0.4, 0.5) is 0 Å². The van der Waals surface area contributed by atoms with Crippen molar-refractivity contribution in [3.05, 3.63) is 51.5 Å². The molecule has 0 aliphatic rings. The molecule has 4 nitrogen and oxygen atoms in total. The zero-order chi connectivity index (χ0) is 15.1. The van der Waals surface area contributed by atoms with Crippen molar-refractivity contribution in [1.29, 1.82) is 0 Å². The highest BCUT2D eigenvalue weighted by Gasteiger charge is 2.11. The molecular weight excluding hydrogens is 284 g/mol. The summed E-state index contributed by atoms with van der Waals surface area (Å²) in [6, 6.07) is 8.02. The van der Waals surface area contributed by atoms with E-state index in [9.17, 15) is 4.79 Å². The first kappa shape index (κ1) is 15.7. The van der Waals surface area contributed by atoms with Crippen molar-refractivity contribution in [3.63, 3.8) is 0 Å². The molecule has 0 atom stereocenters. The van der Waals surface area contributed by atoms with Crippen LogP contribution < -0.4 is 5.32 Å². The van der Waals surface area contributed by atoms with Crippen molar-refractivity contribution < 1.29 is 9.53 Å². The number of hydrogen-bond acceptors (Lipinski definition) is 4. The van der Waals surface area contributed by atoms with E-state index in [0.717, 1.165) is 29.8 Å². The monoisotopic (exact) mass is 304 g/mol. The molecule has 0 radical (unpaired) electrons. The van der Waals surface area contributed by atoms with E-state index in [0.29, 0.717) is 18.0 Å². The number of carbonyl (C=O) groups is 1. The standard InChI is InChI=1S/C16H20N2O2S/c1-3-8-20-10-14-7-5-4-6-13(14)9-17-16(19)15-12(2)18-11-21-15/h4-7,11H,3,8-10H2,1-2H3,(H,17,19). The number of thiazole rings is 1. The van der Waals surface area contributed by atoms with Gasteiger partial charge in [0.15, 0.2) is 0 Å². The summed E-state index contributed by atoms with van der Waals surface area (Å²) in [7, 11) is 0. The third kappa shape index (κ3) is 4.37. The van der Waals surface area contributed by atoms with Crippen molar-refractivity contribution in [2.75, 3.05) is 6.61 Å². The van der Waals surface area contributed by atoms with E-state index in [1.165, 1.54) is 11.3 Å². The minimum Gasteiger partial charge on any atom is -0.377 e. The zero-order valence-electron chi connectivity index (χ0n) is 12.4. The largest absolute Gasteiger partial charge is 0.377 e. The first-order valence-corrected chi connectivity index (χ1v) is 7.93. The predicted octanol–water partition coefficient (Wildman–Crippen LogP) is 3.31. The summed E-state index contributed by atoms with van der Waals surface area (Å²) in [6.45, 7) is 5.77. The lowest BCUT2D eigenvalue weighted by Gasteiger charge is -2.10. The highest BCUT2D eigenvalue weighted by molar-refractivity contribution is 7.11. The van der Waals surface area contributed by atoms with Gasteiger partial charge in [0.05, 0.1) is 17.8 Å².